The van der Waals surface area contributed by atoms with Crippen molar-refractivity contribution in [2.75, 3.05) is 10.6 Å². The van der Waals surface area contributed by atoms with Gasteiger partial charge in [-0.2, -0.15) is 0 Å². The molecule has 3 aromatic rings. The molecule has 3 N–H and O–H groups in total. The van der Waals surface area contributed by atoms with Crippen molar-refractivity contribution in [3.05, 3.63) is 95.6 Å². The Balaban J connectivity index is 1.59. The summed E-state index contributed by atoms with van der Waals surface area (Å²) in [6.45, 7) is 3.79. The van der Waals surface area contributed by atoms with E-state index in [9.17, 15) is 14.4 Å². The Hall–Kier alpha value is -3.93. The first kappa shape index (κ1) is 20.8. The summed E-state index contributed by atoms with van der Waals surface area (Å²) in [6, 6.07) is 22.3. The molecule has 0 saturated heterocycles. The molecular formula is C24H23N3O3. The maximum atomic E-state index is 12.5. The average Bonchev–Trinajstić information content (AvgIpc) is 2.75. The van der Waals surface area contributed by atoms with Crippen molar-refractivity contribution in [2.45, 2.75) is 19.9 Å². The van der Waals surface area contributed by atoms with Crippen LogP contribution in [0.3, 0.4) is 0 Å². The van der Waals surface area contributed by atoms with Crippen LogP contribution in [0.1, 0.15) is 44.9 Å². The third kappa shape index (κ3) is 5.54. The maximum absolute atomic E-state index is 12.5. The topological polar surface area (TPSA) is 87.3 Å². The van der Waals surface area contributed by atoms with Crippen molar-refractivity contribution in [1.29, 1.82) is 0 Å². The van der Waals surface area contributed by atoms with E-state index in [4.69, 9.17) is 0 Å². The second-order valence-corrected chi connectivity index (χ2v) is 7.06. The Kier molecular flexibility index (Phi) is 6.60. The van der Waals surface area contributed by atoms with Crippen LogP contribution >= 0.6 is 0 Å². The molecule has 0 fully saturated rings. The van der Waals surface area contributed by atoms with Gasteiger partial charge in [0.15, 0.2) is 0 Å². The molecule has 0 aliphatic carbocycles. The summed E-state index contributed by atoms with van der Waals surface area (Å²) in [7, 11) is 0. The molecule has 3 aromatic carbocycles. The van der Waals surface area contributed by atoms with Gasteiger partial charge in [0.1, 0.15) is 0 Å². The summed E-state index contributed by atoms with van der Waals surface area (Å²) >= 11 is 0. The van der Waals surface area contributed by atoms with Crippen LogP contribution in [0.25, 0.3) is 0 Å². The number of rotatable bonds is 6. The van der Waals surface area contributed by atoms with E-state index >= 15 is 0 Å². The predicted molar refractivity (Wildman–Crippen MR) is 118 cm³/mol. The summed E-state index contributed by atoms with van der Waals surface area (Å²) in [4.78, 5) is 36.6. The molecule has 0 aliphatic heterocycles. The van der Waals surface area contributed by atoms with Gasteiger partial charge >= 0.3 is 0 Å². The number of amides is 3. The van der Waals surface area contributed by atoms with Gasteiger partial charge in [-0.15, -0.1) is 0 Å². The maximum Gasteiger partial charge on any atom is 0.255 e. The smallest absolute Gasteiger partial charge is 0.255 e. The van der Waals surface area contributed by atoms with Crippen LogP contribution in [0.5, 0.6) is 0 Å². The lowest BCUT2D eigenvalue weighted by atomic mass is 10.1. The van der Waals surface area contributed by atoms with Gasteiger partial charge in [0.2, 0.25) is 0 Å². The molecule has 152 valence electrons. The van der Waals surface area contributed by atoms with Crippen LogP contribution in [0, 0.1) is 0 Å². The van der Waals surface area contributed by atoms with Gasteiger partial charge in [0, 0.05) is 34.1 Å². The summed E-state index contributed by atoms with van der Waals surface area (Å²) in [6.07, 6.45) is 0. The number of carbonyl (C=O) groups is 3. The van der Waals surface area contributed by atoms with Gasteiger partial charge in [0.25, 0.3) is 17.7 Å². The lowest BCUT2D eigenvalue weighted by Crippen LogP contribution is -2.30. The Morgan fingerprint density at radius 3 is 1.40 bits per heavy atom. The number of hydrogen-bond acceptors (Lipinski definition) is 3. The molecule has 0 saturated carbocycles. The second kappa shape index (κ2) is 9.52. The van der Waals surface area contributed by atoms with E-state index in [1.807, 2.05) is 19.9 Å². The van der Waals surface area contributed by atoms with Crippen LogP contribution in [-0.4, -0.2) is 23.8 Å². The Bertz CT molecular complexity index is 1030. The number of nitrogens with one attached hydrogen (secondary N) is 3. The second-order valence-electron chi connectivity index (χ2n) is 7.06. The zero-order valence-corrected chi connectivity index (χ0v) is 16.8. The van der Waals surface area contributed by atoms with E-state index in [-0.39, 0.29) is 23.8 Å². The van der Waals surface area contributed by atoms with Crippen LogP contribution in [0.2, 0.25) is 0 Å². The molecule has 0 aliphatic rings. The number of anilines is 2. The highest BCUT2D eigenvalue weighted by molar-refractivity contribution is 6.06. The van der Waals surface area contributed by atoms with E-state index in [0.29, 0.717) is 28.1 Å². The fourth-order valence-corrected chi connectivity index (χ4v) is 2.75. The fourth-order valence-electron chi connectivity index (χ4n) is 2.75. The van der Waals surface area contributed by atoms with Crippen molar-refractivity contribution in [3.8, 4) is 0 Å². The van der Waals surface area contributed by atoms with Gasteiger partial charge in [-0.1, -0.05) is 18.2 Å². The molecule has 0 unspecified atom stereocenters. The molecule has 0 spiro atoms. The SMILES string of the molecule is CC(C)NC(=O)c1ccc(NC(=O)c2ccc(NC(=O)c3ccccc3)cc2)cc1. The van der Waals surface area contributed by atoms with E-state index < -0.39 is 0 Å². The molecule has 3 rings (SSSR count). The standard InChI is InChI=1S/C24H23N3O3/c1-16(2)25-22(28)18-8-12-21(13-9-18)27-24(30)19-10-14-20(15-11-19)26-23(29)17-6-4-3-5-7-17/h3-16H,1-2H3,(H,25,28)(H,26,29)(H,27,30). The molecule has 30 heavy (non-hydrogen) atoms. The minimum atomic E-state index is -0.282. The Morgan fingerprint density at radius 2 is 0.967 bits per heavy atom. The van der Waals surface area contributed by atoms with Crippen molar-refractivity contribution in [1.82, 2.24) is 5.32 Å². The summed E-state index contributed by atoms with van der Waals surface area (Å²) < 4.78 is 0. The summed E-state index contributed by atoms with van der Waals surface area (Å²) in [5.41, 5.74) is 2.72. The van der Waals surface area contributed by atoms with E-state index in [0.717, 1.165) is 0 Å². The van der Waals surface area contributed by atoms with E-state index in [1.54, 1.807) is 72.8 Å². The largest absolute Gasteiger partial charge is 0.350 e. The lowest BCUT2D eigenvalue weighted by Gasteiger charge is -2.10. The fraction of sp³-hybridized carbons (Fsp3) is 0.125. The first-order chi connectivity index (χ1) is 14.4. The average molecular weight is 401 g/mol. The van der Waals surface area contributed by atoms with Crippen molar-refractivity contribution in [3.63, 3.8) is 0 Å². The summed E-state index contributed by atoms with van der Waals surface area (Å²) in [5.74, 6) is -0.652. The quantitative estimate of drug-likeness (QED) is 0.575. The molecule has 0 atom stereocenters. The van der Waals surface area contributed by atoms with Crippen molar-refractivity contribution >= 4 is 29.1 Å². The molecular weight excluding hydrogens is 378 g/mol. The highest BCUT2D eigenvalue weighted by Crippen LogP contribution is 2.15. The molecule has 6 heteroatoms. The van der Waals surface area contributed by atoms with E-state index in [1.165, 1.54) is 0 Å². The monoisotopic (exact) mass is 401 g/mol. The summed E-state index contributed by atoms with van der Waals surface area (Å²) in [5, 5.41) is 8.41. The molecule has 0 aromatic heterocycles. The van der Waals surface area contributed by atoms with E-state index in [2.05, 4.69) is 16.0 Å². The van der Waals surface area contributed by atoms with Crippen LogP contribution < -0.4 is 16.0 Å². The normalized spacial score (nSPS) is 10.4. The van der Waals surface area contributed by atoms with Crippen LogP contribution in [0.4, 0.5) is 11.4 Å². The molecule has 0 heterocycles. The minimum Gasteiger partial charge on any atom is -0.350 e. The highest BCUT2D eigenvalue weighted by atomic mass is 16.2. The zero-order valence-electron chi connectivity index (χ0n) is 16.8. The first-order valence-corrected chi connectivity index (χ1v) is 9.61. The van der Waals surface area contributed by atoms with Gasteiger partial charge < -0.3 is 16.0 Å². The van der Waals surface area contributed by atoms with Crippen molar-refractivity contribution < 1.29 is 14.4 Å². The Labute approximate surface area is 175 Å². The lowest BCUT2D eigenvalue weighted by molar-refractivity contribution is 0.0941. The molecule has 0 radical (unpaired) electrons. The van der Waals surface area contributed by atoms with Gasteiger partial charge in [-0.05, 0) is 74.5 Å². The van der Waals surface area contributed by atoms with Crippen LogP contribution in [0.15, 0.2) is 78.9 Å². The van der Waals surface area contributed by atoms with Crippen LogP contribution in [-0.2, 0) is 0 Å². The molecule has 3 amide bonds. The van der Waals surface area contributed by atoms with Crippen molar-refractivity contribution in [2.24, 2.45) is 0 Å². The number of benzene rings is 3. The van der Waals surface area contributed by atoms with Gasteiger partial charge in [-0.25, -0.2) is 0 Å². The minimum absolute atomic E-state index is 0.0531. The molecule has 0 bridgehead atoms. The number of carbonyl (C=O) groups excluding carboxylic acids is 3. The first-order valence-electron chi connectivity index (χ1n) is 9.61. The third-order valence-electron chi connectivity index (χ3n) is 4.27. The molecule has 6 nitrogen and oxygen atoms in total. The predicted octanol–water partition coefficient (Wildman–Crippen LogP) is 4.33. The Morgan fingerprint density at radius 1 is 0.567 bits per heavy atom. The van der Waals surface area contributed by atoms with Gasteiger partial charge in [-0.3, -0.25) is 14.4 Å². The zero-order chi connectivity index (χ0) is 21.5. The third-order valence-corrected chi connectivity index (χ3v) is 4.27. The highest BCUT2D eigenvalue weighted by Gasteiger charge is 2.10. The number of hydrogen-bond donors (Lipinski definition) is 3. The van der Waals surface area contributed by atoms with Gasteiger partial charge in [0.05, 0.1) is 0 Å².